The molecule has 1 aliphatic rings. The summed E-state index contributed by atoms with van der Waals surface area (Å²) < 4.78 is 32.0. The summed E-state index contributed by atoms with van der Waals surface area (Å²) in [6, 6.07) is 1.13. The van der Waals surface area contributed by atoms with Crippen molar-refractivity contribution in [2.75, 3.05) is 26.3 Å². The highest BCUT2D eigenvalue weighted by molar-refractivity contribution is 6.29. The maximum atomic E-state index is 13.9. The lowest BCUT2D eigenvalue weighted by Gasteiger charge is -2.31. The largest absolute Gasteiger partial charge is 0.473 e. The molecule has 0 unspecified atom stereocenters. The van der Waals surface area contributed by atoms with Crippen LogP contribution in [-0.2, 0) is 0 Å². The Morgan fingerprint density at radius 2 is 1.96 bits per heavy atom. The molecule has 128 valence electrons. The molecule has 0 bridgehead atoms. The van der Waals surface area contributed by atoms with Crippen LogP contribution in [0.5, 0.6) is 5.88 Å². The molecule has 2 aromatic heterocycles. The summed E-state index contributed by atoms with van der Waals surface area (Å²) in [5.41, 5.74) is 0.597. The molecule has 8 heteroatoms. The van der Waals surface area contributed by atoms with Crippen LogP contribution in [0.4, 0.5) is 8.78 Å². The van der Waals surface area contributed by atoms with E-state index in [4.69, 9.17) is 16.3 Å². The minimum atomic E-state index is -0.502. The molecule has 0 amide bonds. The quantitative estimate of drug-likeness (QED) is 0.772. The topological polar surface area (TPSA) is 51.1 Å². The molecule has 1 fully saturated rings. The number of nitrogens with zero attached hydrogens (tertiary/aromatic N) is 4. The second-order valence-corrected chi connectivity index (χ2v) is 5.96. The zero-order valence-corrected chi connectivity index (χ0v) is 13.7. The van der Waals surface area contributed by atoms with Crippen molar-refractivity contribution < 1.29 is 13.5 Å². The Morgan fingerprint density at radius 3 is 2.58 bits per heavy atom. The van der Waals surface area contributed by atoms with E-state index in [1.54, 1.807) is 0 Å². The van der Waals surface area contributed by atoms with Crippen LogP contribution in [0.3, 0.4) is 0 Å². The van der Waals surface area contributed by atoms with Gasteiger partial charge in [0.15, 0.2) is 0 Å². The van der Waals surface area contributed by atoms with Crippen molar-refractivity contribution >= 4 is 11.6 Å². The van der Waals surface area contributed by atoms with Gasteiger partial charge in [-0.3, -0.25) is 0 Å². The van der Waals surface area contributed by atoms with E-state index in [0.29, 0.717) is 18.1 Å². The van der Waals surface area contributed by atoms with E-state index in [0.717, 1.165) is 32.0 Å². The molecule has 1 aliphatic heterocycles. The highest BCUT2D eigenvalue weighted by Crippen LogP contribution is 2.23. The Bertz CT molecular complexity index is 678. The van der Waals surface area contributed by atoms with E-state index in [2.05, 4.69) is 19.9 Å². The average molecular weight is 355 g/mol. The minimum absolute atomic E-state index is 0.0370. The molecule has 3 rings (SSSR count). The molecule has 1 saturated heterocycles. The molecule has 0 spiro atoms. The molecule has 3 heterocycles. The number of aromatic nitrogens is 3. The van der Waals surface area contributed by atoms with Crippen LogP contribution >= 0.6 is 11.6 Å². The van der Waals surface area contributed by atoms with Gasteiger partial charge < -0.3 is 9.64 Å². The Balaban J connectivity index is 1.61. The van der Waals surface area contributed by atoms with Crippen molar-refractivity contribution in [3.05, 3.63) is 35.6 Å². The molecule has 0 aromatic carbocycles. The van der Waals surface area contributed by atoms with Crippen LogP contribution in [0.2, 0.25) is 5.15 Å². The van der Waals surface area contributed by atoms with E-state index >= 15 is 0 Å². The zero-order chi connectivity index (χ0) is 16.9. The van der Waals surface area contributed by atoms with Gasteiger partial charge in [0.2, 0.25) is 5.88 Å². The van der Waals surface area contributed by atoms with Gasteiger partial charge in [-0.1, -0.05) is 11.6 Å². The normalized spacial score (nSPS) is 16.3. The Labute approximate surface area is 143 Å². The number of hydrogen-bond donors (Lipinski definition) is 0. The zero-order valence-electron chi connectivity index (χ0n) is 13.0. The van der Waals surface area contributed by atoms with Crippen molar-refractivity contribution in [3.8, 4) is 17.1 Å². The second kappa shape index (κ2) is 7.81. The standard InChI is InChI=1S/C16H17ClF2N4O/c17-15-7-13(19)12(8-21-15)14-9-22-16(10-20-14)24-11-1-4-23(5-2-11)6-3-18/h7-11H,1-6H2. The first-order chi connectivity index (χ1) is 11.7. The predicted molar refractivity (Wildman–Crippen MR) is 86.3 cm³/mol. The summed E-state index contributed by atoms with van der Waals surface area (Å²) >= 11 is 5.64. The monoisotopic (exact) mass is 354 g/mol. The van der Waals surface area contributed by atoms with Gasteiger partial charge in [-0.15, -0.1) is 0 Å². The second-order valence-electron chi connectivity index (χ2n) is 5.57. The third-order valence-corrected chi connectivity index (χ3v) is 4.15. The van der Waals surface area contributed by atoms with E-state index in [9.17, 15) is 8.78 Å². The fraction of sp³-hybridized carbons (Fsp3) is 0.438. The number of piperidine rings is 1. The first-order valence-corrected chi connectivity index (χ1v) is 8.12. The van der Waals surface area contributed by atoms with Gasteiger partial charge in [-0.25, -0.2) is 23.7 Å². The minimum Gasteiger partial charge on any atom is -0.473 e. The smallest absolute Gasteiger partial charge is 0.232 e. The fourth-order valence-electron chi connectivity index (χ4n) is 2.65. The van der Waals surface area contributed by atoms with Crippen LogP contribution in [0.15, 0.2) is 24.7 Å². The average Bonchev–Trinajstić information content (AvgIpc) is 2.58. The SMILES string of the molecule is FCCN1CCC(Oc2cnc(-c3cnc(Cl)cc3F)cn2)CC1. The molecule has 2 aromatic rings. The fourth-order valence-corrected chi connectivity index (χ4v) is 2.80. The summed E-state index contributed by atoms with van der Waals surface area (Å²) in [4.78, 5) is 14.3. The molecule has 5 nitrogen and oxygen atoms in total. The summed E-state index contributed by atoms with van der Waals surface area (Å²) in [6.45, 7) is 1.76. The summed E-state index contributed by atoms with van der Waals surface area (Å²) in [7, 11) is 0. The number of ether oxygens (including phenoxy) is 1. The molecular formula is C16H17ClF2N4O. The number of halogens is 3. The first kappa shape index (κ1) is 17.0. The molecule has 0 aliphatic carbocycles. The predicted octanol–water partition coefficient (Wildman–Crippen LogP) is 3.14. The maximum absolute atomic E-state index is 13.9. The Hall–Kier alpha value is -1.86. The van der Waals surface area contributed by atoms with E-state index in [1.165, 1.54) is 18.6 Å². The Kier molecular flexibility index (Phi) is 5.52. The highest BCUT2D eigenvalue weighted by atomic mass is 35.5. The molecule has 0 atom stereocenters. The van der Waals surface area contributed by atoms with Gasteiger partial charge in [-0.2, -0.15) is 0 Å². The van der Waals surface area contributed by atoms with Crippen LogP contribution in [0.25, 0.3) is 11.3 Å². The van der Waals surface area contributed by atoms with E-state index in [1.807, 2.05) is 0 Å². The molecule has 0 N–H and O–H groups in total. The third kappa shape index (κ3) is 4.15. The number of pyridine rings is 1. The van der Waals surface area contributed by atoms with Crippen molar-refractivity contribution in [1.82, 2.24) is 19.9 Å². The lowest BCUT2D eigenvalue weighted by molar-refractivity contribution is 0.0930. The summed E-state index contributed by atoms with van der Waals surface area (Å²) in [5, 5.41) is 0.0864. The van der Waals surface area contributed by atoms with Gasteiger partial charge >= 0.3 is 0 Å². The van der Waals surface area contributed by atoms with E-state index < -0.39 is 5.82 Å². The van der Waals surface area contributed by atoms with Gasteiger partial charge in [0, 0.05) is 31.9 Å². The van der Waals surface area contributed by atoms with Gasteiger partial charge in [0.1, 0.15) is 23.7 Å². The van der Waals surface area contributed by atoms with E-state index in [-0.39, 0.29) is 23.5 Å². The number of likely N-dealkylation sites (tertiary alicyclic amines) is 1. The third-order valence-electron chi connectivity index (χ3n) is 3.95. The maximum Gasteiger partial charge on any atom is 0.232 e. The first-order valence-electron chi connectivity index (χ1n) is 7.74. The molecule has 0 radical (unpaired) electrons. The number of alkyl halides is 1. The lowest BCUT2D eigenvalue weighted by Crippen LogP contribution is -2.39. The van der Waals surface area contributed by atoms with Crippen molar-refractivity contribution in [3.63, 3.8) is 0 Å². The highest BCUT2D eigenvalue weighted by Gasteiger charge is 2.20. The van der Waals surface area contributed by atoms with Gasteiger partial charge in [0.05, 0.1) is 23.7 Å². The van der Waals surface area contributed by atoms with Crippen LogP contribution in [-0.4, -0.2) is 52.3 Å². The molecule has 0 saturated carbocycles. The van der Waals surface area contributed by atoms with Crippen LogP contribution < -0.4 is 4.74 Å². The summed E-state index contributed by atoms with van der Waals surface area (Å²) in [6.07, 6.45) is 5.91. The molecular weight excluding hydrogens is 338 g/mol. The lowest BCUT2D eigenvalue weighted by atomic mass is 10.1. The number of rotatable bonds is 5. The van der Waals surface area contributed by atoms with Crippen molar-refractivity contribution in [1.29, 1.82) is 0 Å². The summed E-state index contributed by atoms with van der Waals surface area (Å²) in [5.74, 6) is -0.108. The van der Waals surface area contributed by atoms with Gasteiger partial charge in [-0.05, 0) is 12.8 Å². The van der Waals surface area contributed by atoms with Crippen molar-refractivity contribution in [2.45, 2.75) is 18.9 Å². The number of hydrogen-bond acceptors (Lipinski definition) is 5. The van der Waals surface area contributed by atoms with Gasteiger partial charge in [0.25, 0.3) is 0 Å². The van der Waals surface area contributed by atoms with Crippen molar-refractivity contribution in [2.24, 2.45) is 0 Å². The molecule has 24 heavy (non-hydrogen) atoms. The van der Waals surface area contributed by atoms with Crippen LogP contribution in [0, 0.1) is 5.82 Å². The Morgan fingerprint density at radius 1 is 1.17 bits per heavy atom. The van der Waals surface area contributed by atoms with Crippen LogP contribution in [0.1, 0.15) is 12.8 Å².